The predicted octanol–water partition coefficient (Wildman–Crippen LogP) is 5.51. The molecule has 2 heterocycles. The van der Waals surface area contributed by atoms with Crippen molar-refractivity contribution in [1.29, 1.82) is 5.41 Å². The van der Waals surface area contributed by atoms with Gasteiger partial charge >= 0.3 is 0 Å². The molecule has 1 aliphatic rings. The normalized spacial score (nSPS) is 12.5. The van der Waals surface area contributed by atoms with Gasteiger partial charge in [0, 0.05) is 19.3 Å². The summed E-state index contributed by atoms with van der Waals surface area (Å²) < 4.78 is 5.40. The lowest BCUT2D eigenvalue weighted by molar-refractivity contribution is 0.122. The zero-order chi connectivity index (χ0) is 27.2. The van der Waals surface area contributed by atoms with E-state index in [1.54, 1.807) is 0 Å². The van der Waals surface area contributed by atoms with Crippen LogP contribution in [0.3, 0.4) is 0 Å². The first-order valence-corrected chi connectivity index (χ1v) is 12.9. The van der Waals surface area contributed by atoms with Crippen molar-refractivity contribution >= 4 is 24.1 Å². The molecule has 1 aliphatic heterocycles. The van der Waals surface area contributed by atoms with Crippen molar-refractivity contribution in [2.75, 3.05) is 42.3 Å². The minimum Gasteiger partial charge on any atom is -0.378 e. The Kier molecular flexibility index (Phi) is 11.2. The Labute approximate surface area is 225 Å². The molecule has 1 fully saturated rings. The average molecular weight is 512 g/mol. The third-order valence-corrected chi connectivity index (χ3v) is 5.68. The van der Waals surface area contributed by atoms with E-state index in [9.17, 15) is 0 Å². The lowest BCUT2D eigenvalue weighted by Crippen LogP contribution is -2.37. The van der Waals surface area contributed by atoms with Crippen molar-refractivity contribution in [3.63, 3.8) is 0 Å². The number of aryl methyl sites for hydroxylation is 1. The van der Waals surface area contributed by atoms with Crippen molar-refractivity contribution in [3.05, 3.63) is 107 Å². The van der Waals surface area contributed by atoms with Crippen molar-refractivity contribution in [2.45, 2.75) is 26.8 Å². The van der Waals surface area contributed by atoms with Crippen LogP contribution in [0.25, 0.3) is 0 Å². The van der Waals surface area contributed by atoms with Crippen LogP contribution in [0.4, 0.5) is 17.8 Å². The van der Waals surface area contributed by atoms with Crippen LogP contribution in [0, 0.1) is 12.3 Å². The van der Waals surface area contributed by atoms with Gasteiger partial charge in [-0.15, -0.1) is 0 Å². The fourth-order valence-corrected chi connectivity index (χ4v) is 3.89. The number of hydrogen-bond donors (Lipinski definition) is 3. The molecule has 8 heteroatoms. The molecule has 1 saturated heterocycles. The number of nitrogen functional groups attached to an aromatic ring is 1. The highest BCUT2D eigenvalue weighted by Gasteiger charge is 2.19. The first-order valence-electron chi connectivity index (χ1n) is 12.9. The van der Waals surface area contributed by atoms with Gasteiger partial charge in [0.25, 0.3) is 0 Å². The van der Waals surface area contributed by atoms with Crippen LogP contribution in [0.1, 0.15) is 42.1 Å². The summed E-state index contributed by atoms with van der Waals surface area (Å²) in [5.74, 6) is 1.24. The van der Waals surface area contributed by atoms with Gasteiger partial charge in [0.2, 0.25) is 17.8 Å². The smallest absolute Gasteiger partial charge is 0.232 e. The number of aromatic nitrogens is 3. The zero-order valence-electron chi connectivity index (χ0n) is 22.3. The monoisotopic (exact) mass is 511 g/mol. The Morgan fingerprint density at radius 3 is 2.00 bits per heavy atom. The van der Waals surface area contributed by atoms with E-state index < -0.39 is 0 Å². The highest BCUT2D eigenvalue weighted by atomic mass is 16.5. The van der Waals surface area contributed by atoms with Crippen molar-refractivity contribution in [3.8, 4) is 0 Å². The number of ether oxygens (including phenoxy) is 1. The average Bonchev–Trinajstić information content (AvgIpc) is 2.98. The van der Waals surface area contributed by atoms with Gasteiger partial charge in [0.1, 0.15) is 0 Å². The molecule has 0 radical (unpaired) electrons. The molecule has 3 aromatic carbocycles. The van der Waals surface area contributed by atoms with E-state index in [1.807, 2.05) is 81.4 Å². The van der Waals surface area contributed by atoms with Crippen LogP contribution in [-0.2, 0) is 4.74 Å². The van der Waals surface area contributed by atoms with Gasteiger partial charge in [0.15, 0.2) is 0 Å². The van der Waals surface area contributed by atoms with Crippen molar-refractivity contribution in [2.24, 2.45) is 0 Å². The SMILES string of the molecule is CC.Cc1cccc(C=N)c1.Nc1nc(NC(c2ccccc2)c2ccccc2)nc(N2CCOCC2)n1. The summed E-state index contributed by atoms with van der Waals surface area (Å²) in [5, 5.41) is 10.3. The number of nitrogens with two attached hydrogens (primary N) is 1. The van der Waals surface area contributed by atoms with Gasteiger partial charge in [-0.1, -0.05) is 104 Å². The molecule has 38 heavy (non-hydrogen) atoms. The maximum Gasteiger partial charge on any atom is 0.232 e. The van der Waals surface area contributed by atoms with E-state index in [0.717, 1.165) is 29.8 Å². The maximum absolute atomic E-state index is 6.92. The lowest BCUT2D eigenvalue weighted by Gasteiger charge is -2.27. The van der Waals surface area contributed by atoms with Crippen molar-refractivity contribution in [1.82, 2.24) is 15.0 Å². The van der Waals surface area contributed by atoms with Gasteiger partial charge in [-0.3, -0.25) is 0 Å². The van der Waals surface area contributed by atoms with E-state index in [2.05, 4.69) is 49.4 Å². The van der Waals surface area contributed by atoms with E-state index >= 15 is 0 Å². The Bertz CT molecular complexity index is 1210. The number of nitrogens with zero attached hydrogens (tertiary/aromatic N) is 4. The zero-order valence-corrected chi connectivity index (χ0v) is 22.3. The molecule has 5 rings (SSSR count). The summed E-state index contributed by atoms with van der Waals surface area (Å²) >= 11 is 0. The molecule has 0 spiro atoms. The van der Waals surface area contributed by atoms with E-state index in [1.165, 1.54) is 11.8 Å². The van der Waals surface area contributed by atoms with Crippen LogP contribution < -0.4 is 16.0 Å². The second kappa shape index (κ2) is 15.1. The van der Waals surface area contributed by atoms with Gasteiger partial charge in [-0.2, -0.15) is 15.0 Å². The Morgan fingerprint density at radius 1 is 0.868 bits per heavy atom. The van der Waals surface area contributed by atoms with E-state index in [-0.39, 0.29) is 12.0 Å². The molecule has 0 aliphatic carbocycles. The third kappa shape index (κ3) is 8.38. The molecule has 1 aromatic heterocycles. The van der Waals surface area contributed by atoms with Crippen LogP contribution in [-0.4, -0.2) is 47.5 Å². The third-order valence-electron chi connectivity index (χ3n) is 5.68. The van der Waals surface area contributed by atoms with E-state index in [0.29, 0.717) is 25.1 Å². The Hall–Kier alpha value is -4.30. The minimum atomic E-state index is -0.0910. The number of morpholine rings is 1. The fourth-order valence-electron chi connectivity index (χ4n) is 3.89. The largest absolute Gasteiger partial charge is 0.378 e. The molecule has 0 unspecified atom stereocenters. The van der Waals surface area contributed by atoms with Gasteiger partial charge in [-0.25, -0.2) is 0 Å². The topological polar surface area (TPSA) is 113 Å². The quantitative estimate of drug-likeness (QED) is 0.293. The first kappa shape index (κ1) is 28.3. The molecule has 0 saturated carbocycles. The summed E-state index contributed by atoms with van der Waals surface area (Å²) in [6.07, 6.45) is 1.35. The minimum absolute atomic E-state index is 0.0910. The van der Waals surface area contributed by atoms with Gasteiger partial charge in [0.05, 0.1) is 19.3 Å². The number of nitrogens with one attached hydrogen (secondary N) is 2. The molecule has 0 atom stereocenters. The molecular weight excluding hydrogens is 474 g/mol. The Morgan fingerprint density at radius 2 is 1.47 bits per heavy atom. The predicted molar refractivity (Wildman–Crippen MR) is 156 cm³/mol. The van der Waals surface area contributed by atoms with Crippen molar-refractivity contribution < 1.29 is 4.74 Å². The number of hydrogen-bond acceptors (Lipinski definition) is 8. The number of rotatable bonds is 6. The second-order valence-electron chi connectivity index (χ2n) is 8.37. The Balaban J connectivity index is 0.000000307. The molecular formula is C30H37N7O. The van der Waals surface area contributed by atoms with Crippen LogP contribution >= 0.6 is 0 Å². The van der Waals surface area contributed by atoms with Gasteiger partial charge in [-0.05, 0) is 23.6 Å². The molecule has 4 aromatic rings. The summed E-state index contributed by atoms with van der Waals surface area (Å²) in [4.78, 5) is 15.3. The fraction of sp³-hybridized carbons (Fsp3) is 0.267. The first-order chi connectivity index (χ1) is 18.6. The summed E-state index contributed by atoms with van der Waals surface area (Å²) in [6.45, 7) is 8.82. The molecule has 198 valence electrons. The molecule has 8 nitrogen and oxygen atoms in total. The lowest BCUT2D eigenvalue weighted by atomic mass is 9.99. The summed E-state index contributed by atoms with van der Waals surface area (Å²) in [5.41, 5.74) is 10.4. The van der Waals surface area contributed by atoms with Crippen LogP contribution in [0.5, 0.6) is 0 Å². The maximum atomic E-state index is 6.92. The molecule has 4 N–H and O–H groups in total. The summed E-state index contributed by atoms with van der Waals surface area (Å²) in [6, 6.07) is 28.2. The number of benzene rings is 3. The van der Waals surface area contributed by atoms with Gasteiger partial charge < -0.3 is 26.1 Å². The summed E-state index contributed by atoms with van der Waals surface area (Å²) in [7, 11) is 0. The number of anilines is 3. The molecule has 0 amide bonds. The molecule has 0 bridgehead atoms. The van der Waals surface area contributed by atoms with Crippen LogP contribution in [0.15, 0.2) is 84.9 Å². The second-order valence-corrected chi connectivity index (χ2v) is 8.37. The van der Waals surface area contributed by atoms with Crippen LogP contribution in [0.2, 0.25) is 0 Å². The highest BCUT2D eigenvalue weighted by Crippen LogP contribution is 2.26. The standard InChI is InChI=1S/C20H22N6O.C8H9N.C2H6/c21-18-23-19(25-20(24-18)26-11-13-27-14-12-26)22-17(15-7-3-1-4-8-15)16-9-5-2-6-10-16;1-7-3-2-4-8(5-7)6-9;1-2/h1-10,17H,11-14H2,(H3,21,22,23,24,25);2-6,9H,1H3;1-2H3. The highest BCUT2D eigenvalue weighted by molar-refractivity contribution is 5.76. The van der Waals surface area contributed by atoms with E-state index in [4.69, 9.17) is 15.9 Å².